The molecule has 0 atom stereocenters. The fourth-order valence-electron chi connectivity index (χ4n) is 1.95. The third-order valence-electron chi connectivity index (χ3n) is 3.09. The molecule has 2 rings (SSSR count). The minimum atomic E-state index is -3.68. The summed E-state index contributed by atoms with van der Waals surface area (Å²) in [4.78, 5) is 0.128. The van der Waals surface area contributed by atoms with Crippen molar-refractivity contribution in [2.45, 2.75) is 18.2 Å². The van der Waals surface area contributed by atoms with Crippen LogP contribution in [0.15, 0.2) is 47.4 Å². The average molecular weight is 300 g/mol. The zero-order valence-electron chi connectivity index (χ0n) is 11.6. The van der Waals surface area contributed by atoms with Crippen LogP contribution < -0.4 is 10.5 Å². The highest BCUT2D eigenvalue weighted by atomic mass is 32.2. The lowest BCUT2D eigenvalue weighted by Gasteiger charge is -2.10. The summed E-state index contributed by atoms with van der Waals surface area (Å²) >= 11 is 0. The van der Waals surface area contributed by atoms with Crippen molar-refractivity contribution < 1.29 is 8.42 Å². The summed E-state index contributed by atoms with van der Waals surface area (Å²) in [5.74, 6) is 2.46. The van der Waals surface area contributed by atoms with Gasteiger partial charge >= 0.3 is 0 Å². The van der Waals surface area contributed by atoms with Crippen LogP contribution in [0.2, 0.25) is 0 Å². The first kappa shape index (κ1) is 14.9. The van der Waals surface area contributed by atoms with Gasteiger partial charge in [0.15, 0.2) is 0 Å². The molecule has 0 radical (unpaired) electrons. The molecule has 0 aliphatic heterocycles. The van der Waals surface area contributed by atoms with Gasteiger partial charge < -0.3 is 5.73 Å². The van der Waals surface area contributed by atoms with Crippen molar-refractivity contribution in [2.24, 2.45) is 0 Å². The zero-order valence-corrected chi connectivity index (χ0v) is 12.4. The Morgan fingerprint density at radius 2 is 2.00 bits per heavy atom. The highest BCUT2D eigenvalue weighted by Gasteiger charge is 2.15. The number of rotatable bonds is 4. The van der Waals surface area contributed by atoms with Gasteiger partial charge in [-0.3, -0.25) is 4.72 Å². The first-order valence-corrected chi connectivity index (χ1v) is 7.92. The summed E-state index contributed by atoms with van der Waals surface area (Å²) in [7, 11) is -3.68. The van der Waals surface area contributed by atoms with Crippen LogP contribution in [-0.2, 0) is 16.4 Å². The number of nitrogens with two attached hydrogens (primary N) is 1. The van der Waals surface area contributed by atoms with Crippen molar-refractivity contribution in [1.29, 1.82) is 0 Å². The van der Waals surface area contributed by atoms with Crippen LogP contribution in [0.4, 0.5) is 11.4 Å². The number of nitrogen functional groups attached to an aromatic ring is 1. The van der Waals surface area contributed by atoms with Crippen molar-refractivity contribution in [1.82, 2.24) is 0 Å². The van der Waals surface area contributed by atoms with Crippen LogP contribution in [0, 0.1) is 12.3 Å². The molecule has 0 saturated carbocycles. The Balaban J connectivity index is 2.34. The molecule has 5 heteroatoms. The van der Waals surface area contributed by atoms with E-state index < -0.39 is 10.0 Å². The van der Waals surface area contributed by atoms with Gasteiger partial charge in [0.05, 0.1) is 10.6 Å². The molecular formula is C16H16N2O2S. The molecule has 0 bridgehead atoms. The maximum atomic E-state index is 12.3. The highest BCUT2D eigenvalue weighted by molar-refractivity contribution is 7.92. The molecule has 0 aliphatic rings. The number of terminal acetylenes is 1. The van der Waals surface area contributed by atoms with Gasteiger partial charge in [0, 0.05) is 11.3 Å². The number of nitrogens with one attached hydrogen (secondary N) is 1. The van der Waals surface area contributed by atoms with Crippen molar-refractivity contribution in [2.75, 3.05) is 10.5 Å². The van der Waals surface area contributed by atoms with Gasteiger partial charge in [-0.25, -0.2) is 8.42 Å². The highest BCUT2D eigenvalue weighted by Crippen LogP contribution is 2.21. The molecule has 0 saturated heterocycles. The van der Waals surface area contributed by atoms with Crippen LogP contribution >= 0.6 is 0 Å². The standard InChI is InChI=1S/C16H16N2O2S/c1-3-12-6-5-7-14(10-12)18-21(19,20)15-9-8-13(4-2)16(17)11-15/h1,5-11,18H,4,17H2,2H3. The second-order valence-corrected chi connectivity index (χ2v) is 6.23. The van der Waals surface area contributed by atoms with E-state index in [0.29, 0.717) is 16.9 Å². The van der Waals surface area contributed by atoms with Gasteiger partial charge in [-0.15, -0.1) is 6.42 Å². The maximum absolute atomic E-state index is 12.3. The van der Waals surface area contributed by atoms with E-state index >= 15 is 0 Å². The number of benzene rings is 2. The van der Waals surface area contributed by atoms with Crippen LogP contribution in [0.5, 0.6) is 0 Å². The molecular weight excluding hydrogens is 284 g/mol. The summed E-state index contributed by atoms with van der Waals surface area (Å²) < 4.78 is 27.2. The number of anilines is 2. The second kappa shape index (κ2) is 5.90. The zero-order chi connectivity index (χ0) is 15.5. The molecule has 0 aromatic heterocycles. The predicted molar refractivity (Wildman–Crippen MR) is 85.4 cm³/mol. The van der Waals surface area contributed by atoms with Crippen LogP contribution in [-0.4, -0.2) is 8.42 Å². The Hall–Kier alpha value is -2.45. The van der Waals surface area contributed by atoms with Gasteiger partial charge in [-0.2, -0.15) is 0 Å². The van der Waals surface area contributed by atoms with Gasteiger partial charge in [0.25, 0.3) is 10.0 Å². The molecule has 0 spiro atoms. The fourth-order valence-corrected chi connectivity index (χ4v) is 3.03. The minimum absolute atomic E-state index is 0.128. The number of aryl methyl sites for hydroxylation is 1. The Morgan fingerprint density at radius 1 is 1.24 bits per heavy atom. The third-order valence-corrected chi connectivity index (χ3v) is 4.47. The average Bonchev–Trinajstić information content (AvgIpc) is 2.47. The second-order valence-electron chi connectivity index (χ2n) is 4.54. The van der Waals surface area contributed by atoms with E-state index in [9.17, 15) is 8.42 Å². The quantitative estimate of drug-likeness (QED) is 0.673. The van der Waals surface area contributed by atoms with Crippen LogP contribution in [0.3, 0.4) is 0 Å². The molecule has 0 aliphatic carbocycles. The molecule has 3 N–H and O–H groups in total. The SMILES string of the molecule is C#Cc1cccc(NS(=O)(=O)c2ccc(CC)c(N)c2)c1. The van der Waals surface area contributed by atoms with Crippen molar-refractivity contribution in [3.8, 4) is 12.3 Å². The fraction of sp³-hybridized carbons (Fsp3) is 0.125. The molecule has 4 nitrogen and oxygen atoms in total. The van der Waals surface area contributed by atoms with Crippen LogP contribution in [0.25, 0.3) is 0 Å². The predicted octanol–water partition coefficient (Wildman–Crippen LogP) is 2.61. The van der Waals surface area contributed by atoms with Crippen molar-refractivity contribution >= 4 is 21.4 Å². The largest absolute Gasteiger partial charge is 0.398 e. The molecule has 0 amide bonds. The summed E-state index contributed by atoms with van der Waals surface area (Å²) in [6.07, 6.45) is 6.06. The first-order chi connectivity index (χ1) is 9.96. The molecule has 2 aromatic rings. The van der Waals surface area contributed by atoms with E-state index in [1.54, 1.807) is 36.4 Å². The van der Waals surface area contributed by atoms with Crippen LogP contribution in [0.1, 0.15) is 18.1 Å². The Bertz CT molecular complexity index is 805. The molecule has 2 aromatic carbocycles. The topological polar surface area (TPSA) is 72.2 Å². The molecule has 0 heterocycles. The Labute approximate surface area is 125 Å². The van der Waals surface area contributed by atoms with Gasteiger partial charge in [-0.05, 0) is 42.3 Å². The Morgan fingerprint density at radius 3 is 2.62 bits per heavy atom. The smallest absolute Gasteiger partial charge is 0.261 e. The minimum Gasteiger partial charge on any atom is -0.398 e. The molecule has 108 valence electrons. The number of sulfonamides is 1. The lowest BCUT2D eigenvalue weighted by molar-refractivity contribution is 0.601. The van der Waals surface area contributed by atoms with Crippen molar-refractivity contribution in [3.63, 3.8) is 0 Å². The van der Waals surface area contributed by atoms with Gasteiger partial charge in [0.2, 0.25) is 0 Å². The van der Waals surface area contributed by atoms with E-state index in [-0.39, 0.29) is 4.90 Å². The first-order valence-electron chi connectivity index (χ1n) is 6.44. The molecule has 0 unspecified atom stereocenters. The lowest BCUT2D eigenvalue weighted by atomic mass is 10.1. The van der Waals surface area contributed by atoms with Gasteiger partial charge in [0.1, 0.15) is 0 Å². The van der Waals surface area contributed by atoms with E-state index in [2.05, 4.69) is 10.6 Å². The third kappa shape index (κ3) is 3.36. The van der Waals surface area contributed by atoms with E-state index in [0.717, 1.165) is 12.0 Å². The lowest BCUT2D eigenvalue weighted by Crippen LogP contribution is -2.13. The molecule has 0 fully saturated rings. The van der Waals surface area contributed by atoms with Gasteiger partial charge in [-0.1, -0.05) is 25.0 Å². The van der Waals surface area contributed by atoms with E-state index in [1.165, 1.54) is 6.07 Å². The van der Waals surface area contributed by atoms with E-state index in [1.807, 2.05) is 6.92 Å². The maximum Gasteiger partial charge on any atom is 0.261 e. The summed E-state index contributed by atoms with van der Waals surface area (Å²) in [5.41, 5.74) is 8.27. The summed E-state index contributed by atoms with van der Waals surface area (Å²) in [6.45, 7) is 1.96. The monoisotopic (exact) mass is 300 g/mol. The number of hydrogen-bond acceptors (Lipinski definition) is 3. The number of hydrogen-bond donors (Lipinski definition) is 2. The normalized spacial score (nSPS) is 10.9. The summed E-state index contributed by atoms with van der Waals surface area (Å²) in [6, 6.07) is 11.4. The molecule has 21 heavy (non-hydrogen) atoms. The van der Waals surface area contributed by atoms with E-state index in [4.69, 9.17) is 12.2 Å². The summed E-state index contributed by atoms with van der Waals surface area (Å²) in [5, 5.41) is 0. The Kier molecular flexibility index (Phi) is 4.20. The van der Waals surface area contributed by atoms with Crippen molar-refractivity contribution in [3.05, 3.63) is 53.6 Å².